The van der Waals surface area contributed by atoms with Gasteiger partial charge in [0.15, 0.2) is 12.6 Å². The minimum atomic E-state index is -0.377. The molecule has 23 heavy (non-hydrogen) atoms. The average molecular weight is 358 g/mol. The molecule has 0 spiro atoms. The van der Waals surface area contributed by atoms with E-state index in [9.17, 15) is 9.59 Å². The zero-order valence-corrected chi connectivity index (χ0v) is 15.1. The van der Waals surface area contributed by atoms with Crippen molar-refractivity contribution in [3.05, 3.63) is 34.9 Å². The maximum Gasteiger partial charge on any atom is 0.364 e. The smallest absolute Gasteiger partial charge is 0.364 e. The lowest BCUT2D eigenvalue weighted by molar-refractivity contribution is -0.887. The summed E-state index contributed by atoms with van der Waals surface area (Å²) in [6.07, 6.45) is 0. The minimum absolute atomic E-state index is 0.0215. The van der Waals surface area contributed by atoms with Crippen LogP contribution in [0.4, 0.5) is 0 Å². The van der Waals surface area contributed by atoms with E-state index in [2.05, 4.69) is 0 Å². The van der Waals surface area contributed by atoms with Crippen LogP contribution in [0.5, 0.6) is 0 Å². The molecule has 1 heterocycles. The summed E-state index contributed by atoms with van der Waals surface area (Å²) in [7, 11) is 3.19. The number of halogens is 1. The Morgan fingerprint density at radius 2 is 2.17 bits per heavy atom. The molecule has 7 heteroatoms. The van der Waals surface area contributed by atoms with Gasteiger partial charge in [0.05, 0.1) is 14.2 Å². The predicted molar refractivity (Wildman–Crippen MR) is 91.6 cm³/mol. The van der Waals surface area contributed by atoms with Gasteiger partial charge in [0.2, 0.25) is 0 Å². The maximum atomic E-state index is 12.7. The van der Waals surface area contributed by atoms with Gasteiger partial charge in [-0.25, -0.2) is 4.79 Å². The number of thioether (sulfide) groups is 1. The number of carbonyl (C=O) groups is 2. The Morgan fingerprint density at radius 3 is 2.83 bits per heavy atom. The van der Waals surface area contributed by atoms with Gasteiger partial charge in [-0.15, -0.1) is 11.8 Å². The molecule has 0 aromatic heterocycles. The molecular formula is C16H22ClN2O3S+. The monoisotopic (exact) mass is 357 g/mol. The summed E-state index contributed by atoms with van der Waals surface area (Å²) in [5.74, 6) is 0.592. The van der Waals surface area contributed by atoms with Crippen LogP contribution in [-0.2, 0) is 14.3 Å². The lowest BCUT2D eigenvalue weighted by atomic mass is 10.2. The highest BCUT2D eigenvalue weighted by atomic mass is 35.5. The Bertz CT molecular complexity index is 584. The van der Waals surface area contributed by atoms with E-state index in [1.807, 2.05) is 36.2 Å². The number of ether oxygens (including phenoxy) is 1. The van der Waals surface area contributed by atoms with E-state index in [-0.39, 0.29) is 29.8 Å². The van der Waals surface area contributed by atoms with Gasteiger partial charge in [-0.05, 0) is 13.0 Å². The molecule has 3 atom stereocenters. The molecule has 1 saturated heterocycles. The Balaban J connectivity index is 2.07. The number of nitrogens with zero attached hydrogens (tertiary/aromatic N) is 1. The zero-order chi connectivity index (χ0) is 17.0. The van der Waals surface area contributed by atoms with Gasteiger partial charge in [0.25, 0.3) is 5.91 Å². The average Bonchev–Trinajstić information content (AvgIpc) is 3.03. The van der Waals surface area contributed by atoms with E-state index >= 15 is 0 Å². The number of carbonyl (C=O) groups excluding carboxylic acids is 2. The Kier molecular flexibility index (Phi) is 6.33. The number of hydrogen-bond acceptors (Lipinski definition) is 4. The van der Waals surface area contributed by atoms with Crippen LogP contribution in [0.2, 0.25) is 5.02 Å². The van der Waals surface area contributed by atoms with Crippen LogP contribution in [0, 0.1) is 0 Å². The van der Waals surface area contributed by atoms with Gasteiger partial charge in [0, 0.05) is 22.9 Å². The quantitative estimate of drug-likeness (QED) is 0.798. The molecule has 0 aliphatic carbocycles. The molecule has 1 aromatic carbocycles. The topological polar surface area (TPSA) is 51.1 Å². The molecule has 1 unspecified atom stereocenters. The number of likely N-dealkylation sites (N-methyl/N-ethyl adjacent to an activating group) is 1. The van der Waals surface area contributed by atoms with Crippen molar-refractivity contribution >= 4 is 35.2 Å². The molecule has 1 aliphatic heterocycles. The summed E-state index contributed by atoms with van der Waals surface area (Å²) in [5, 5.41) is 0.616. The lowest BCUT2D eigenvalue weighted by Gasteiger charge is -2.27. The molecule has 1 amide bonds. The van der Waals surface area contributed by atoms with Crippen LogP contribution in [0.15, 0.2) is 24.3 Å². The molecule has 2 rings (SSSR count). The predicted octanol–water partition coefficient (Wildman–Crippen LogP) is 0.990. The molecule has 1 N–H and O–H groups in total. The summed E-state index contributed by atoms with van der Waals surface area (Å²) in [5.41, 5.74) is 0.962. The van der Waals surface area contributed by atoms with E-state index in [0.717, 1.165) is 16.2 Å². The number of methoxy groups -OCH3 is 1. The van der Waals surface area contributed by atoms with Gasteiger partial charge in [-0.1, -0.05) is 29.8 Å². The molecule has 1 aromatic rings. The SMILES string of the molecule is COC(=O)[C@H](C)[NH+](C)CC(=O)N1CCS[C@@H]1c1ccccc1Cl. The molecule has 1 aliphatic rings. The van der Waals surface area contributed by atoms with Crippen molar-refractivity contribution in [2.75, 3.05) is 33.0 Å². The first-order valence-corrected chi connectivity index (χ1v) is 8.94. The molecule has 0 saturated carbocycles. The number of amides is 1. The van der Waals surface area contributed by atoms with Crippen molar-refractivity contribution in [1.29, 1.82) is 0 Å². The number of benzene rings is 1. The third-order valence-corrected chi connectivity index (χ3v) is 5.69. The van der Waals surface area contributed by atoms with Crippen molar-refractivity contribution in [2.24, 2.45) is 0 Å². The van der Waals surface area contributed by atoms with Gasteiger partial charge >= 0.3 is 5.97 Å². The highest BCUT2D eigenvalue weighted by molar-refractivity contribution is 7.99. The number of esters is 1. The van der Waals surface area contributed by atoms with Crippen molar-refractivity contribution in [3.8, 4) is 0 Å². The fourth-order valence-corrected chi connectivity index (χ4v) is 4.15. The van der Waals surface area contributed by atoms with E-state index in [0.29, 0.717) is 11.6 Å². The standard InChI is InChI=1S/C16H21ClN2O3S/c1-11(16(21)22-3)18(2)10-14(20)19-8-9-23-15(19)12-6-4-5-7-13(12)17/h4-7,11,15H,8-10H2,1-3H3/p+1/t11-,15+/m0/s1. The van der Waals surface area contributed by atoms with Crippen molar-refractivity contribution in [3.63, 3.8) is 0 Å². The summed E-state index contributed by atoms with van der Waals surface area (Å²) < 4.78 is 4.74. The number of rotatable bonds is 5. The van der Waals surface area contributed by atoms with Crippen molar-refractivity contribution < 1.29 is 19.2 Å². The van der Waals surface area contributed by atoms with Gasteiger partial charge in [-0.3, -0.25) is 4.79 Å². The fraction of sp³-hybridized carbons (Fsp3) is 0.500. The normalized spacial score (nSPS) is 20.2. The highest BCUT2D eigenvalue weighted by Crippen LogP contribution is 2.40. The van der Waals surface area contributed by atoms with Crippen molar-refractivity contribution in [2.45, 2.75) is 18.3 Å². The molecule has 1 fully saturated rings. The van der Waals surface area contributed by atoms with E-state index < -0.39 is 0 Å². The second-order valence-corrected chi connectivity index (χ2v) is 7.20. The van der Waals surface area contributed by atoms with Crippen LogP contribution in [0.25, 0.3) is 0 Å². The minimum Gasteiger partial charge on any atom is -0.465 e. The number of quaternary nitrogens is 1. The highest BCUT2D eigenvalue weighted by Gasteiger charge is 2.34. The largest absolute Gasteiger partial charge is 0.465 e. The third kappa shape index (κ3) is 4.19. The van der Waals surface area contributed by atoms with Crippen LogP contribution in [0.1, 0.15) is 17.9 Å². The zero-order valence-electron chi connectivity index (χ0n) is 13.5. The summed E-state index contributed by atoms with van der Waals surface area (Å²) in [6.45, 7) is 2.70. The number of hydrogen-bond donors (Lipinski definition) is 1. The van der Waals surface area contributed by atoms with Crippen LogP contribution >= 0.6 is 23.4 Å². The number of nitrogens with one attached hydrogen (secondary N) is 1. The molecular weight excluding hydrogens is 336 g/mol. The Hall–Kier alpha value is -1.24. The summed E-state index contributed by atoms with van der Waals surface area (Å²) in [6, 6.07) is 7.24. The Morgan fingerprint density at radius 1 is 1.48 bits per heavy atom. The Labute approximate surface area is 145 Å². The summed E-state index contributed by atoms with van der Waals surface area (Å²) in [4.78, 5) is 26.9. The second-order valence-electron chi connectivity index (χ2n) is 5.60. The first kappa shape index (κ1) is 18.1. The van der Waals surface area contributed by atoms with Gasteiger partial charge in [0.1, 0.15) is 5.37 Å². The van der Waals surface area contributed by atoms with E-state index in [1.165, 1.54) is 7.11 Å². The molecule has 0 radical (unpaired) electrons. The van der Waals surface area contributed by atoms with E-state index in [1.54, 1.807) is 18.7 Å². The first-order chi connectivity index (χ1) is 11.0. The summed E-state index contributed by atoms with van der Waals surface area (Å²) >= 11 is 7.99. The fourth-order valence-electron chi connectivity index (χ4n) is 2.53. The van der Waals surface area contributed by atoms with Crippen molar-refractivity contribution in [1.82, 2.24) is 4.90 Å². The third-order valence-electron chi connectivity index (χ3n) is 4.11. The first-order valence-electron chi connectivity index (χ1n) is 7.51. The lowest BCUT2D eigenvalue weighted by Crippen LogP contribution is -3.14. The van der Waals surface area contributed by atoms with E-state index in [4.69, 9.17) is 16.3 Å². The maximum absolute atomic E-state index is 12.7. The van der Waals surface area contributed by atoms with Crippen LogP contribution in [0.3, 0.4) is 0 Å². The van der Waals surface area contributed by atoms with Gasteiger partial charge < -0.3 is 14.5 Å². The molecule has 126 valence electrons. The molecule has 5 nitrogen and oxygen atoms in total. The van der Waals surface area contributed by atoms with Crippen LogP contribution in [-0.4, -0.2) is 55.8 Å². The molecule has 0 bridgehead atoms. The van der Waals surface area contributed by atoms with Crippen LogP contribution < -0.4 is 4.90 Å². The van der Waals surface area contributed by atoms with Gasteiger partial charge in [-0.2, -0.15) is 0 Å². The second kappa shape index (κ2) is 8.04.